The lowest BCUT2D eigenvalue weighted by Crippen LogP contribution is -2.44. The summed E-state index contributed by atoms with van der Waals surface area (Å²) in [5, 5.41) is 0. The second kappa shape index (κ2) is 7.67. The number of hydrogen-bond acceptors (Lipinski definition) is 2. The predicted octanol–water partition coefficient (Wildman–Crippen LogP) is 3.85. The van der Waals surface area contributed by atoms with E-state index in [1.807, 2.05) is 0 Å². The van der Waals surface area contributed by atoms with Crippen molar-refractivity contribution in [2.75, 3.05) is 12.3 Å². The second-order valence-electron chi connectivity index (χ2n) is 5.26. The number of hydrogen-bond donors (Lipinski definition) is 0. The third-order valence-electron chi connectivity index (χ3n) is 3.83. The van der Waals surface area contributed by atoms with E-state index in [0.29, 0.717) is 11.8 Å². The maximum atomic E-state index is 12.8. The third kappa shape index (κ3) is 4.23. The van der Waals surface area contributed by atoms with Gasteiger partial charge in [0.05, 0.1) is 5.75 Å². The number of halogens is 1. The summed E-state index contributed by atoms with van der Waals surface area (Å²) >= 11 is 1.61. The summed E-state index contributed by atoms with van der Waals surface area (Å²) < 4.78 is 12.8. The normalized spacial score (nSPS) is 19.1. The number of carbonyl (C=O) groups is 1. The van der Waals surface area contributed by atoms with Crippen molar-refractivity contribution in [2.24, 2.45) is 0 Å². The molecule has 1 saturated heterocycles. The van der Waals surface area contributed by atoms with Gasteiger partial charge in [0.1, 0.15) is 5.82 Å². The summed E-state index contributed by atoms with van der Waals surface area (Å²) in [5.41, 5.74) is 1.06. The van der Waals surface area contributed by atoms with E-state index in [1.165, 1.54) is 18.6 Å². The molecular formula is C16H22FNOS. The third-order valence-corrected chi connectivity index (χ3v) is 4.81. The summed E-state index contributed by atoms with van der Waals surface area (Å²) in [5.74, 6) is 1.32. The number of nitrogens with zero attached hydrogens (tertiary/aromatic N) is 1. The fourth-order valence-corrected chi connectivity index (χ4v) is 3.54. The van der Waals surface area contributed by atoms with Gasteiger partial charge in [-0.2, -0.15) is 0 Å². The number of likely N-dealkylation sites (tertiary alicyclic amines) is 1. The van der Waals surface area contributed by atoms with E-state index in [2.05, 4.69) is 11.8 Å². The topological polar surface area (TPSA) is 20.3 Å². The van der Waals surface area contributed by atoms with Crippen LogP contribution in [0.25, 0.3) is 0 Å². The molecule has 0 aliphatic carbocycles. The molecule has 0 spiro atoms. The summed E-state index contributed by atoms with van der Waals surface area (Å²) in [6.45, 7) is 3.07. The van der Waals surface area contributed by atoms with Crippen molar-refractivity contribution >= 4 is 17.7 Å². The summed E-state index contributed by atoms with van der Waals surface area (Å²) in [6, 6.07) is 6.93. The fourth-order valence-electron chi connectivity index (χ4n) is 2.67. The molecule has 2 rings (SSSR count). The minimum atomic E-state index is -0.214. The Labute approximate surface area is 124 Å². The van der Waals surface area contributed by atoms with Crippen LogP contribution in [0.4, 0.5) is 4.39 Å². The first-order valence-corrected chi connectivity index (χ1v) is 8.48. The Morgan fingerprint density at radius 2 is 2.10 bits per heavy atom. The molecular weight excluding hydrogens is 273 g/mol. The lowest BCUT2D eigenvalue weighted by molar-refractivity contribution is -0.132. The fraction of sp³-hybridized carbons (Fsp3) is 0.562. The highest BCUT2D eigenvalue weighted by Gasteiger charge is 2.24. The van der Waals surface area contributed by atoms with E-state index in [-0.39, 0.29) is 11.7 Å². The monoisotopic (exact) mass is 295 g/mol. The van der Waals surface area contributed by atoms with Crippen LogP contribution in [0.5, 0.6) is 0 Å². The highest BCUT2D eigenvalue weighted by atomic mass is 32.2. The van der Waals surface area contributed by atoms with Gasteiger partial charge in [-0.3, -0.25) is 4.79 Å². The SMILES string of the molecule is CC[C@@H]1CCCCN1C(=O)CSCc1ccc(F)cc1. The lowest BCUT2D eigenvalue weighted by Gasteiger charge is -2.35. The maximum absolute atomic E-state index is 12.8. The molecule has 1 aliphatic heterocycles. The molecule has 1 atom stereocenters. The Hall–Kier alpha value is -1.03. The van der Waals surface area contributed by atoms with Crippen molar-refractivity contribution < 1.29 is 9.18 Å². The van der Waals surface area contributed by atoms with Crippen LogP contribution >= 0.6 is 11.8 Å². The molecule has 1 aromatic rings. The van der Waals surface area contributed by atoms with Crippen LogP contribution < -0.4 is 0 Å². The molecule has 1 amide bonds. The van der Waals surface area contributed by atoms with Gasteiger partial charge >= 0.3 is 0 Å². The number of amides is 1. The van der Waals surface area contributed by atoms with Gasteiger partial charge in [0.15, 0.2) is 0 Å². The Kier molecular flexibility index (Phi) is 5.89. The predicted molar refractivity (Wildman–Crippen MR) is 82.2 cm³/mol. The quantitative estimate of drug-likeness (QED) is 0.822. The van der Waals surface area contributed by atoms with Gasteiger partial charge in [0.2, 0.25) is 5.91 Å². The lowest BCUT2D eigenvalue weighted by atomic mass is 10.0. The van der Waals surface area contributed by atoms with Crippen LogP contribution in [0.3, 0.4) is 0 Å². The van der Waals surface area contributed by atoms with Crippen LogP contribution in [0, 0.1) is 5.82 Å². The summed E-state index contributed by atoms with van der Waals surface area (Å²) in [7, 11) is 0. The number of benzene rings is 1. The molecule has 1 aliphatic rings. The molecule has 0 N–H and O–H groups in total. The summed E-state index contributed by atoms with van der Waals surface area (Å²) in [4.78, 5) is 14.3. The average Bonchev–Trinajstić information content (AvgIpc) is 2.49. The van der Waals surface area contributed by atoms with Crippen molar-refractivity contribution in [3.63, 3.8) is 0 Å². The van der Waals surface area contributed by atoms with Crippen molar-refractivity contribution in [1.29, 1.82) is 0 Å². The summed E-state index contributed by atoms with van der Waals surface area (Å²) in [6.07, 6.45) is 4.56. The average molecular weight is 295 g/mol. The molecule has 0 unspecified atom stereocenters. The van der Waals surface area contributed by atoms with Crippen molar-refractivity contribution in [2.45, 2.75) is 44.4 Å². The highest BCUT2D eigenvalue weighted by Crippen LogP contribution is 2.21. The van der Waals surface area contributed by atoms with Crippen LogP contribution in [0.15, 0.2) is 24.3 Å². The van der Waals surface area contributed by atoms with Gasteiger partial charge in [-0.05, 0) is 43.4 Å². The van der Waals surface area contributed by atoms with Gasteiger partial charge in [-0.25, -0.2) is 4.39 Å². The van der Waals surface area contributed by atoms with E-state index in [0.717, 1.165) is 37.1 Å². The number of thioether (sulfide) groups is 1. The number of piperidine rings is 1. The smallest absolute Gasteiger partial charge is 0.232 e. The van der Waals surface area contributed by atoms with Crippen molar-refractivity contribution in [3.8, 4) is 0 Å². The molecule has 1 fully saturated rings. The molecule has 4 heteroatoms. The number of carbonyl (C=O) groups excluding carboxylic acids is 1. The van der Waals surface area contributed by atoms with E-state index < -0.39 is 0 Å². The van der Waals surface area contributed by atoms with Crippen molar-refractivity contribution in [1.82, 2.24) is 4.90 Å². The molecule has 1 aromatic carbocycles. The molecule has 0 radical (unpaired) electrons. The zero-order chi connectivity index (χ0) is 14.4. The van der Waals surface area contributed by atoms with Gasteiger partial charge < -0.3 is 4.90 Å². The molecule has 110 valence electrons. The van der Waals surface area contributed by atoms with E-state index in [1.54, 1.807) is 23.9 Å². The molecule has 0 aromatic heterocycles. The first kappa shape index (κ1) is 15.4. The van der Waals surface area contributed by atoms with E-state index in [9.17, 15) is 9.18 Å². The van der Waals surface area contributed by atoms with Crippen LogP contribution in [0.1, 0.15) is 38.2 Å². The van der Waals surface area contributed by atoms with Crippen LogP contribution in [0.2, 0.25) is 0 Å². The zero-order valence-corrected chi connectivity index (χ0v) is 12.8. The Bertz CT molecular complexity index is 435. The van der Waals surface area contributed by atoms with Crippen LogP contribution in [-0.2, 0) is 10.5 Å². The second-order valence-corrected chi connectivity index (χ2v) is 6.25. The Balaban J connectivity index is 1.78. The van der Waals surface area contributed by atoms with Crippen molar-refractivity contribution in [3.05, 3.63) is 35.6 Å². The van der Waals surface area contributed by atoms with Gasteiger partial charge in [-0.1, -0.05) is 19.1 Å². The van der Waals surface area contributed by atoms with E-state index in [4.69, 9.17) is 0 Å². The molecule has 2 nitrogen and oxygen atoms in total. The molecule has 20 heavy (non-hydrogen) atoms. The van der Waals surface area contributed by atoms with Gasteiger partial charge in [0, 0.05) is 18.3 Å². The molecule has 0 saturated carbocycles. The first-order chi connectivity index (χ1) is 9.70. The highest BCUT2D eigenvalue weighted by molar-refractivity contribution is 7.99. The number of rotatable bonds is 5. The Morgan fingerprint density at radius 1 is 1.35 bits per heavy atom. The van der Waals surface area contributed by atoms with E-state index >= 15 is 0 Å². The standard InChI is InChI=1S/C16H22FNOS/c1-2-15-5-3-4-10-18(15)16(19)12-20-11-13-6-8-14(17)9-7-13/h6-9,15H,2-5,10-12H2,1H3/t15-/m1/s1. The maximum Gasteiger partial charge on any atom is 0.232 e. The Morgan fingerprint density at radius 3 is 2.80 bits per heavy atom. The van der Waals surface area contributed by atoms with Gasteiger partial charge in [-0.15, -0.1) is 11.8 Å². The minimum absolute atomic E-state index is 0.214. The van der Waals surface area contributed by atoms with Crippen LogP contribution in [-0.4, -0.2) is 29.1 Å². The first-order valence-electron chi connectivity index (χ1n) is 7.32. The largest absolute Gasteiger partial charge is 0.339 e. The molecule has 0 bridgehead atoms. The minimum Gasteiger partial charge on any atom is -0.339 e. The molecule has 1 heterocycles. The zero-order valence-electron chi connectivity index (χ0n) is 12.0. The van der Waals surface area contributed by atoms with Gasteiger partial charge in [0.25, 0.3) is 0 Å².